The summed E-state index contributed by atoms with van der Waals surface area (Å²) < 4.78 is 5.05. The Kier molecular flexibility index (Phi) is 3.96. The highest BCUT2D eigenvalue weighted by Gasteiger charge is 2.25. The average molecular weight is 171 g/mol. The first-order chi connectivity index (χ1) is 5.41. The Balaban J connectivity index is 4.18. The number of nitrogens with one attached hydrogen (secondary N) is 1. The molecule has 1 N–H and O–H groups in total. The lowest BCUT2D eigenvalue weighted by molar-refractivity contribution is -0.150. The maximum Gasteiger partial charge on any atom is 0.331 e. The Morgan fingerprint density at radius 3 is 2.33 bits per heavy atom. The summed E-state index contributed by atoms with van der Waals surface area (Å²) in [5.74, 6) is -0.399. The second kappa shape index (κ2) is 4.26. The van der Waals surface area contributed by atoms with E-state index in [1.807, 2.05) is 20.8 Å². The third-order valence-corrected chi connectivity index (χ3v) is 1.45. The summed E-state index contributed by atoms with van der Waals surface area (Å²) in [6.07, 6.45) is 0.888. The van der Waals surface area contributed by atoms with E-state index in [1.54, 1.807) is 7.05 Å². The maximum atomic E-state index is 10.8. The van der Waals surface area contributed by atoms with E-state index in [1.165, 1.54) is 0 Å². The molecule has 0 radical (unpaired) electrons. The zero-order valence-electron chi connectivity index (χ0n) is 8.18. The van der Waals surface area contributed by atoms with Crippen LogP contribution in [0.3, 0.4) is 0 Å². The first kappa shape index (κ1) is 11.2. The van der Waals surface area contributed by atoms with E-state index in [0.717, 1.165) is 6.08 Å². The molecule has 0 amide bonds. The van der Waals surface area contributed by atoms with Gasteiger partial charge in [-0.15, -0.1) is 0 Å². The van der Waals surface area contributed by atoms with Crippen molar-refractivity contribution in [2.24, 2.45) is 5.41 Å². The number of hydrogen-bond donors (Lipinski definition) is 1. The summed E-state index contributed by atoms with van der Waals surface area (Å²) in [6, 6.07) is 0. The Morgan fingerprint density at radius 2 is 2.08 bits per heavy atom. The molecule has 3 nitrogen and oxygen atoms in total. The van der Waals surface area contributed by atoms with E-state index in [2.05, 4.69) is 11.9 Å². The van der Waals surface area contributed by atoms with Gasteiger partial charge in [-0.25, -0.2) is 4.79 Å². The van der Waals surface area contributed by atoms with Gasteiger partial charge >= 0.3 is 5.97 Å². The van der Waals surface area contributed by atoms with Crippen molar-refractivity contribution < 1.29 is 9.53 Å². The van der Waals surface area contributed by atoms with Crippen molar-refractivity contribution in [3.8, 4) is 0 Å². The molecule has 0 aromatic carbocycles. The monoisotopic (exact) mass is 171 g/mol. The largest absolute Gasteiger partial charge is 0.443 e. The molecule has 70 valence electrons. The Bertz CT molecular complexity index is 170. The van der Waals surface area contributed by atoms with Gasteiger partial charge in [-0.1, -0.05) is 27.4 Å². The lowest BCUT2D eigenvalue weighted by Gasteiger charge is -2.29. The molecule has 0 heterocycles. The van der Waals surface area contributed by atoms with Gasteiger partial charge in [0.25, 0.3) is 0 Å². The fourth-order valence-electron chi connectivity index (χ4n) is 0.833. The summed E-state index contributed by atoms with van der Waals surface area (Å²) in [5.41, 5.74) is -0.104. The summed E-state index contributed by atoms with van der Waals surface area (Å²) in [7, 11) is 1.76. The molecule has 0 spiro atoms. The summed E-state index contributed by atoms with van der Waals surface area (Å²) >= 11 is 0. The van der Waals surface area contributed by atoms with Gasteiger partial charge < -0.3 is 4.74 Å². The van der Waals surface area contributed by atoms with Gasteiger partial charge in [0.05, 0.1) is 0 Å². The molecule has 0 aliphatic carbocycles. The zero-order chi connectivity index (χ0) is 9.78. The fourth-order valence-corrected chi connectivity index (χ4v) is 0.833. The number of hydrogen-bond acceptors (Lipinski definition) is 3. The average Bonchev–Trinajstić information content (AvgIpc) is 1.97. The van der Waals surface area contributed by atoms with E-state index in [0.29, 0.717) is 0 Å². The van der Waals surface area contributed by atoms with E-state index < -0.39 is 5.97 Å². The van der Waals surface area contributed by atoms with Gasteiger partial charge in [-0.05, 0) is 7.05 Å². The highest BCUT2D eigenvalue weighted by molar-refractivity contribution is 5.81. The second-order valence-electron chi connectivity index (χ2n) is 3.68. The van der Waals surface area contributed by atoms with Crippen molar-refractivity contribution in [3.05, 3.63) is 12.7 Å². The number of esters is 1. The molecule has 0 aliphatic rings. The van der Waals surface area contributed by atoms with E-state index >= 15 is 0 Å². The Labute approximate surface area is 73.8 Å². The molecule has 0 saturated heterocycles. The van der Waals surface area contributed by atoms with Crippen LogP contribution in [0.15, 0.2) is 12.7 Å². The van der Waals surface area contributed by atoms with Crippen molar-refractivity contribution in [2.75, 3.05) is 7.05 Å². The van der Waals surface area contributed by atoms with E-state index in [4.69, 9.17) is 4.74 Å². The van der Waals surface area contributed by atoms with Crippen LogP contribution in [0.4, 0.5) is 0 Å². The second-order valence-corrected chi connectivity index (χ2v) is 3.68. The standard InChI is InChI=1S/C9H17NO2/c1-6-7(11)12-8(10-5)9(2,3)4/h6,8,10H,1H2,2-5H3. The molecular weight excluding hydrogens is 154 g/mol. The van der Waals surface area contributed by atoms with Crippen molar-refractivity contribution >= 4 is 5.97 Å². The van der Waals surface area contributed by atoms with Gasteiger partial charge in [-0.2, -0.15) is 0 Å². The van der Waals surface area contributed by atoms with Crippen LogP contribution in [-0.4, -0.2) is 19.2 Å². The summed E-state index contributed by atoms with van der Waals surface area (Å²) in [4.78, 5) is 10.8. The van der Waals surface area contributed by atoms with Crippen LogP contribution in [0.2, 0.25) is 0 Å². The molecule has 12 heavy (non-hydrogen) atoms. The van der Waals surface area contributed by atoms with Crippen LogP contribution in [-0.2, 0) is 9.53 Å². The molecule has 0 aliphatic heterocycles. The SMILES string of the molecule is C=CC(=O)OC(NC)C(C)(C)C. The van der Waals surface area contributed by atoms with Crippen LogP contribution in [0, 0.1) is 5.41 Å². The lowest BCUT2D eigenvalue weighted by Crippen LogP contribution is -2.41. The predicted octanol–water partition coefficient (Wildman–Crippen LogP) is 1.31. The Hall–Kier alpha value is -0.830. The quantitative estimate of drug-likeness (QED) is 0.395. The maximum absolute atomic E-state index is 10.8. The van der Waals surface area contributed by atoms with Gasteiger partial charge in [0.15, 0.2) is 6.23 Å². The molecule has 0 rings (SSSR count). The van der Waals surface area contributed by atoms with Crippen LogP contribution in [0.1, 0.15) is 20.8 Å². The summed E-state index contributed by atoms with van der Waals surface area (Å²) in [6.45, 7) is 9.30. The van der Waals surface area contributed by atoms with E-state index in [9.17, 15) is 4.79 Å². The van der Waals surface area contributed by atoms with Crippen LogP contribution >= 0.6 is 0 Å². The van der Waals surface area contributed by atoms with Crippen LogP contribution in [0.25, 0.3) is 0 Å². The molecule has 1 atom stereocenters. The molecule has 3 heteroatoms. The molecule has 0 fully saturated rings. The molecular formula is C9H17NO2. The molecule has 0 saturated carbocycles. The number of carbonyl (C=O) groups is 1. The van der Waals surface area contributed by atoms with Crippen molar-refractivity contribution in [2.45, 2.75) is 27.0 Å². The van der Waals surface area contributed by atoms with Crippen molar-refractivity contribution in [3.63, 3.8) is 0 Å². The topological polar surface area (TPSA) is 38.3 Å². The molecule has 0 bridgehead atoms. The first-order valence-corrected chi connectivity index (χ1v) is 3.92. The summed E-state index contributed by atoms with van der Waals surface area (Å²) in [5, 5.41) is 2.92. The normalized spacial score (nSPS) is 13.7. The zero-order valence-corrected chi connectivity index (χ0v) is 8.18. The van der Waals surface area contributed by atoms with Gasteiger partial charge in [0.1, 0.15) is 0 Å². The van der Waals surface area contributed by atoms with Crippen molar-refractivity contribution in [1.29, 1.82) is 0 Å². The minimum atomic E-state index is -0.399. The van der Waals surface area contributed by atoms with Crippen molar-refractivity contribution in [1.82, 2.24) is 5.32 Å². The van der Waals surface area contributed by atoms with Crippen LogP contribution in [0.5, 0.6) is 0 Å². The third-order valence-electron chi connectivity index (χ3n) is 1.45. The van der Waals surface area contributed by atoms with Crippen LogP contribution < -0.4 is 5.32 Å². The fraction of sp³-hybridized carbons (Fsp3) is 0.667. The molecule has 0 aromatic rings. The first-order valence-electron chi connectivity index (χ1n) is 3.92. The smallest absolute Gasteiger partial charge is 0.331 e. The van der Waals surface area contributed by atoms with Gasteiger partial charge in [0.2, 0.25) is 0 Å². The number of ether oxygens (including phenoxy) is 1. The minimum Gasteiger partial charge on any atom is -0.443 e. The Morgan fingerprint density at radius 1 is 1.58 bits per heavy atom. The highest BCUT2D eigenvalue weighted by atomic mass is 16.6. The molecule has 1 unspecified atom stereocenters. The van der Waals surface area contributed by atoms with E-state index in [-0.39, 0.29) is 11.6 Å². The van der Waals surface area contributed by atoms with Gasteiger partial charge in [-0.3, -0.25) is 5.32 Å². The number of carbonyl (C=O) groups excluding carboxylic acids is 1. The lowest BCUT2D eigenvalue weighted by atomic mass is 9.94. The highest BCUT2D eigenvalue weighted by Crippen LogP contribution is 2.19. The predicted molar refractivity (Wildman–Crippen MR) is 48.6 cm³/mol. The molecule has 0 aromatic heterocycles. The number of rotatable bonds is 3. The minimum absolute atomic E-state index is 0.104. The third kappa shape index (κ3) is 3.53. The van der Waals surface area contributed by atoms with Gasteiger partial charge in [0, 0.05) is 11.5 Å².